The normalized spacial score (nSPS) is 32.5. The van der Waals surface area contributed by atoms with Crippen molar-refractivity contribution >= 4 is 12.0 Å². The van der Waals surface area contributed by atoms with Gasteiger partial charge in [0.05, 0.1) is 19.3 Å². The quantitative estimate of drug-likeness (QED) is 0.0873. The van der Waals surface area contributed by atoms with Gasteiger partial charge in [0.1, 0.15) is 36.6 Å². The molecular formula is C29H36O15. The molecule has 4 rings (SSSR count). The first kappa shape index (κ1) is 33.4. The molecule has 10 atom stereocenters. The molecular weight excluding hydrogens is 588 g/mol. The molecule has 2 heterocycles. The highest BCUT2D eigenvalue weighted by Crippen LogP contribution is 2.32. The maximum Gasteiger partial charge on any atom is 0.331 e. The molecule has 0 saturated carbocycles. The molecule has 0 spiro atoms. The van der Waals surface area contributed by atoms with Gasteiger partial charge in [-0.05, 0) is 54.8 Å². The number of carbonyl (C=O) groups is 1. The van der Waals surface area contributed by atoms with Gasteiger partial charge < -0.3 is 69.6 Å². The third-order valence-corrected chi connectivity index (χ3v) is 7.27. The first-order chi connectivity index (χ1) is 20.9. The third-order valence-electron chi connectivity index (χ3n) is 7.27. The summed E-state index contributed by atoms with van der Waals surface area (Å²) in [5.74, 6) is -2.40. The number of benzene rings is 2. The van der Waals surface area contributed by atoms with E-state index in [2.05, 4.69) is 0 Å². The summed E-state index contributed by atoms with van der Waals surface area (Å²) in [7, 11) is 0. The van der Waals surface area contributed by atoms with Crippen molar-refractivity contribution in [3.8, 4) is 23.0 Å². The molecule has 15 heteroatoms. The summed E-state index contributed by atoms with van der Waals surface area (Å²) in [6, 6.07) is 7.98. The summed E-state index contributed by atoms with van der Waals surface area (Å²) >= 11 is 0. The summed E-state index contributed by atoms with van der Waals surface area (Å²) in [5.41, 5.74) is 0.914. The van der Waals surface area contributed by atoms with Gasteiger partial charge in [0.15, 0.2) is 41.7 Å². The lowest BCUT2D eigenvalue weighted by molar-refractivity contribution is -0.357. The summed E-state index contributed by atoms with van der Waals surface area (Å²) in [6.07, 6.45) is -12.6. The van der Waals surface area contributed by atoms with E-state index in [0.29, 0.717) is 11.1 Å². The van der Waals surface area contributed by atoms with Crippen LogP contribution in [0, 0.1) is 0 Å². The number of ether oxygens (including phenoxy) is 5. The number of aliphatic hydroxyl groups excluding tert-OH is 5. The highest BCUT2D eigenvalue weighted by molar-refractivity contribution is 5.87. The second-order valence-electron chi connectivity index (χ2n) is 10.4. The molecule has 15 nitrogen and oxygen atoms in total. The van der Waals surface area contributed by atoms with E-state index >= 15 is 0 Å². The van der Waals surface area contributed by atoms with Crippen LogP contribution in [-0.2, 0) is 34.9 Å². The van der Waals surface area contributed by atoms with Gasteiger partial charge in [-0.1, -0.05) is 12.1 Å². The van der Waals surface area contributed by atoms with Gasteiger partial charge >= 0.3 is 5.97 Å². The Bertz CT molecular complexity index is 1300. The van der Waals surface area contributed by atoms with E-state index in [4.69, 9.17) is 23.7 Å². The number of carbonyl (C=O) groups excluding carboxylic acids is 1. The Balaban J connectivity index is 1.52. The van der Waals surface area contributed by atoms with Crippen LogP contribution < -0.4 is 0 Å². The minimum atomic E-state index is -1.77. The lowest BCUT2D eigenvalue weighted by Gasteiger charge is -2.46. The van der Waals surface area contributed by atoms with Crippen LogP contribution in [0.15, 0.2) is 42.5 Å². The summed E-state index contributed by atoms with van der Waals surface area (Å²) in [5, 5.41) is 90.5. The number of phenolic OH excluding ortho intramolecular Hbond substituents is 4. The lowest BCUT2D eigenvalue weighted by atomic mass is 9.97. The Kier molecular flexibility index (Phi) is 11.0. The molecule has 0 unspecified atom stereocenters. The second kappa shape index (κ2) is 14.5. The first-order valence-corrected chi connectivity index (χ1v) is 13.7. The van der Waals surface area contributed by atoms with Crippen molar-refractivity contribution in [1.82, 2.24) is 0 Å². The molecule has 44 heavy (non-hydrogen) atoms. The predicted molar refractivity (Wildman–Crippen MR) is 147 cm³/mol. The van der Waals surface area contributed by atoms with Gasteiger partial charge in [-0.3, -0.25) is 0 Å². The van der Waals surface area contributed by atoms with Crippen LogP contribution in [0.4, 0.5) is 0 Å². The van der Waals surface area contributed by atoms with Crippen LogP contribution in [-0.4, -0.2) is 127 Å². The zero-order valence-electron chi connectivity index (χ0n) is 23.5. The van der Waals surface area contributed by atoms with Crippen molar-refractivity contribution < 1.29 is 74.4 Å². The summed E-state index contributed by atoms with van der Waals surface area (Å²) in [4.78, 5) is 12.8. The van der Waals surface area contributed by atoms with Crippen LogP contribution in [0.3, 0.4) is 0 Å². The van der Waals surface area contributed by atoms with Crippen molar-refractivity contribution in [2.45, 2.75) is 74.8 Å². The second-order valence-corrected chi connectivity index (χ2v) is 10.4. The van der Waals surface area contributed by atoms with Crippen LogP contribution >= 0.6 is 0 Å². The molecule has 0 amide bonds. The molecule has 0 aliphatic carbocycles. The van der Waals surface area contributed by atoms with Crippen LogP contribution in [0.1, 0.15) is 18.1 Å². The zero-order valence-corrected chi connectivity index (χ0v) is 23.5. The molecule has 2 saturated heterocycles. The Labute approximate surface area is 251 Å². The molecule has 0 aromatic heterocycles. The number of aliphatic hydroxyl groups is 5. The maximum atomic E-state index is 12.8. The minimum Gasteiger partial charge on any atom is -0.504 e. The fourth-order valence-electron chi connectivity index (χ4n) is 4.76. The Morgan fingerprint density at radius 3 is 2.16 bits per heavy atom. The fraction of sp³-hybridized carbons (Fsp3) is 0.483. The average Bonchev–Trinajstić information content (AvgIpc) is 2.99. The maximum absolute atomic E-state index is 12.8. The Morgan fingerprint density at radius 1 is 0.818 bits per heavy atom. The molecule has 2 aliphatic heterocycles. The number of esters is 1. The van der Waals surface area contributed by atoms with Crippen LogP contribution in [0.2, 0.25) is 0 Å². The van der Waals surface area contributed by atoms with Gasteiger partial charge in [-0.25, -0.2) is 4.79 Å². The molecule has 9 N–H and O–H groups in total. The third kappa shape index (κ3) is 7.76. The van der Waals surface area contributed by atoms with Crippen molar-refractivity contribution in [3.63, 3.8) is 0 Å². The molecule has 0 bridgehead atoms. The van der Waals surface area contributed by atoms with Gasteiger partial charge in [0.2, 0.25) is 0 Å². The average molecular weight is 625 g/mol. The van der Waals surface area contributed by atoms with Gasteiger partial charge in [0, 0.05) is 6.08 Å². The van der Waals surface area contributed by atoms with E-state index in [1.807, 2.05) is 0 Å². The van der Waals surface area contributed by atoms with Gasteiger partial charge in [-0.15, -0.1) is 0 Å². The van der Waals surface area contributed by atoms with Gasteiger partial charge in [0.25, 0.3) is 0 Å². The smallest absolute Gasteiger partial charge is 0.331 e. The van der Waals surface area contributed by atoms with Crippen molar-refractivity contribution in [2.75, 3.05) is 13.2 Å². The van der Waals surface area contributed by atoms with E-state index in [1.165, 1.54) is 43.3 Å². The van der Waals surface area contributed by atoms with E-state index in [9.17, 15) is 50.8 Å². The highest BCUT2D eigenvalue weighted by atomic mass is 16.7. The number of hydrogen-bond donors (Lipinski definition) is 9. The Morgan fingerprint density at radius 2 is 1.50 bits per heavy atom. The SMILES string of the molecule is C[C@@H]1O[C@@H](O[C@@H]2[C@@H](O)[C@H](OCCc3ccc(O)c(O)c3)O[C@@H](CO)[C@H]2OC(=O)/C=C/c2ccc(O)c(O)c2)[C@H](O)[C@H](O)[C@H]1O. The summed E-state index contributed by atoms with van der Waals surface area (Å²) < 4.78 is 28.2. The number of phenols is 4. The molecule has 2 aromatic rings. The fourth-order valence-corrected chi connectivity index (χ4v) is 4.76. The molecule has 2 aliphatic rings. The number of rotatable bonds is 10. The topological polar surface area (TPSA) is 245 Å². The van der Waals surface area contributed by atoms with E-state index in [1.54, 1.807) is 6.07 Å². The molecule has 2 fully saturated rings. The van der Waals surface area contributed by atoms with Crippen molar-refractivity contribution in [1.29, 1.82) is 0 Å². The Hall–Kier alpha value is -3.51. The number of hydrogen-bond acceptors (Lipinski definition) is 15. The molecule has 0 radical (unpaired) electrons. The first-order valence-electron chi connectivity index (χ1n) is 13.7. The highest BCUT2D eigenvalue weighted by Gasteiger charge is 2.52. The standard InChI is InChI=1S/C29H36O15/c1-13-22(36)23(37)24(38)29(41-13)44-27-25(39)28(40-9-8-15-3-6-17(32)19(34)11-15)42-20(12-30)26(27)43-21(35)7-4-14-2-5-16(31)18(33)10-14/h2-7,10-11,13,20,22-34,36-39H,8-9,12H2,1H3/b7-4+/t13-,20-,22-,23+,24+,25+,26+,27+,28+,29-/m0/s1. The molecule has 242 valence electrons. The van der Waals surface area contributed by atoms with Crippen molar-refractivity contribution in [2.24, 2.45) is 0 Å². The zero-order chi connectivity index (χ0) is 32.1. The lowest BCUT2D eigenvalue weighted by Crippen LogP contribution is -2.65. The minimum absolute atomic E-state index is 0.0754. The largest absolute Gasteiger partial charge is 0.504 e. The predicted octanol–water partition coefficient (Wildman–Crippen LogP) is -1.02. The van der Waals surface area contributed by atoms with E-state index < -0.39 is 79.7 Å². The van der Waals surface area contributed by atoms with Crippen molar-refractivity contribution in [3.05, 3.63) is 53.6 Å². The van der Waals surface area contributed by atoms with E-state index in [0.717, 1.165) is 6.08 Å². The van der Waals surface area contributed by atoms with E-state index in [-0.39, 0.29) is 30.3 Å². The van der Waals surface area contributed by atoms with Crippen LogP contribution in [0.5, 0.6) is 23.0 Å². The summed E-state index contributed by atoms with van der Waals surface area (Å²) in [6.45, 7) is 0.606. The molecule has 2 aromatic carbocycles. The van der Waals surface area contributed by atoms with Crippen LogP contribution in [0.25, 0.3) is 6.08 Å². The van der Waals surface area contributed by atoms with Gasteiger partial charge in [-0.2, -0.15) is 0 Å². The monoisotopic (exact) mass is 624 g/mol. The number of aromatic hydroxyl groups is 4.